The van der Waals surface area contributed by atoms with Crippen LogP contribution in [0.15, 0.2) is 12.7 Å². The predicted octanol–water partition coefficient (Wildman–Crippen LogP) is 1.97. The number of hydrogen-bond acceptors (Lipinski definition) is 2. The molecule has 2 nitrogen and oxygen atoms in total. The Morgan fingerprint density at radius 3 is 2.89 bits per heavy atom. The highest BCUT2D eigenvalue weighted by Gasteiger charge is 1.89. The van der Waals surface area contributed by atoms with Crippen molar-refractivity contribution in [2.75, 3.05) is 6.61 Å². The summed E-state index contributed by atoms with van der Waals surface area (Å²) in [6.07, 6.45) is 3.28. The summed E-state index contributed by atoms with van der Waals surface area (Å²) in [5.74, 6) is 0.358. The lowest BCUT2D eigenvalue weighted by Gasteiger charge is -2.01. The van der Waals surface area contributed by atoms with E-state index in [1.807, 2.05) is 6.92 Å². The molecule has 0 aromatic rings. The van der Waals surface area contributed by atoms with E-state index in [4.69, 9.17) is 10.1 Å². The lowest BCUT2D eigenvalue weighted by molar-refractivity contribution is 0.301. The van der Waals surface area contributed by atoms with Crippen molar-refractivity contribution < 1.29 is 4.74 Å². The first-order chi connectivity index (χ1) is 4.31. The maximum absolute atomic E-state index is 7.06. The topological polar surface area (TPSA) is 33.1 Å². The van der Waals surface area contributed by atoms with E-state index in [0.29, 0.717) is 18.9 Å². The third-order valence-corrected chi connectivity index (χ3v) is 0.919. The van der Waals surface area contributed by atoms with Crippen LogP contribution >= 0.6 is 0 Å². The van der Waals surface area contributed by atoms with Gasteiger partial charge in [0.2, 0.25) is 0 Å². The van der Waals surface area contributed by atoms with Crippen molar-refractivity contribution in [1.82, 2.24) is 0 Å². The second-order valence-corrected chi connectivity index (χ2v) is 1.70. The fourth-order valence-corrected chi connectivity index (χ4v) is 0.368. The maximum atomic E-state index is 7.06. The molecule has 0 saturated heterocycles. The van der Waals surface area contributed by atoms with Gasteiger partial charge in [-0.1, -0.05) is 13.0 Å². The van der Waals surface area contributed by atoms with Crippen LogP contribution in [0.3, 0.4) is 0 Å². The van der Waals surface area contributed by atoms with Crippen molar-refractivity contribution in [2.45, 2.75) is 19.8 Å². The van der Waals surface area contributed by atoms with E-state index in [-0.39, 0.29) is 0 Å². The van der Waals surface area contributed by atoms with Gasteiger partial charge in [0.25, 0.3) is 0 Å². The lowest BCUT2D eigenvalue weighted by atomic mass is 10.4. The second-order valence-electron chi connectivity index (χ2n) is 1.70. The summed E-state index contributed by atoms with van der Waals surface area (Å²) >= 11 is 0. The molecule has 0 spiro atoms. The smallest absolute Gasteiger partial charge is 0.180 e. The van der Waals surface area contributed by atoms with Gasteiger partial charge in [0.05, 0.1) is 6.61 Å². The highest BCUT2D eigenvalue weighted by atomic mass is 16.5. The molecular weight excluding hydrogens is 114 g/mol. The molecule has 0 radical (unpaired) electrons. The first-order valence-corrected chi connectivity index (χ1v) is 3.12. The maximum Gasteiger partial charge on any atom is 0.180 e. The number of rotatable bonds is 4. The van der Waals surface area contributed by atoms with Crippen molar-refractivity contribution in [1.29, 1.82) is 5.41 Å². The molecule has 2 heteroatoms. The van der Waals surface area contributed by atoms with Gasteiger partial charge in [-0.15, -0.1) is 6.58 Å². The fraction of sp³-hybridized carbons (Fsp3) is 0.571. The molecule has 0 rings (SSSR count). The van der Waals surface area contributed by atoms with Crippen LogP contribution in [0.2, 0.25) is 0 Å². The molecule has 0 aliphatic rings. The first kappa shape index (κ1) is 8.21. The Morgan fingerprint density at radius 2 is 2.44 bits per heavy atom. The third-order valence-electron chi connectivity index (χ3n) is 0.919. The van der Waals surface area contributed by atoms with Gasteiger partial charge in [0, 0.05) is 6.42 Å². The van der Waals surface area contributed by atoms with Gasteiger partial charge in [-0.2, -0.15) is 0 Å². The van der Waals surface area contributed by atoms with Crippen molar-refractivity contribution in [3.8, 4) is 0 Å². The molecule has 0 fully saturated rings. The highest BCUT2D eigenvalue weighted by Crippen LogP contribution is 1.87. The van der Waals surface area contributed by atoms with Crippen LogP contribution in [0, 0.1) is 5.41 Å². The molecule has 9 heavy (non-hydrogen) atoms. The average Bonchev–Trinajstić information content (AvgIpc) is 1.89. The van der Waals surface area contributed by atoms with Gasteiger partial charge < -0.3 is 4.74 Å². The zero-order valence-corrected chi connectivity index (χ0v) is 5.81. The number of nitrogens with one attached hydrogen (secondary N) is 1. The predicted molar refractivity (Wildman–Crippen MR) is 38.8 cm³/mol. The van der Waals surface area contributed by atoms with E-state index in [2.05, 4.69) is 6.58 Å². The molecule has 0 aliphatic heterocycles. The first-order valence-electron chi connectivity index (χ1n) is 3.12. The summed E-state index contributed by atoms with van der Waals surface area (Å²) in [6, 6.07) is 0. The van der Waals surface area contributed by atoms with E-state index in [0.717, 1.165) is 6.42 Å². The molecule has 0 saturated carbocycles. The molecular formula is C7H13NO. The summed E-state index contributed by atoms with van der Waals surface area (Å²) in [7, 11) is 0. The van der Waals surface area contributed by atoms with Gasteiger partial charge >= 0.3 is 0 Å². The van der Waals surface area contributed by atoms with Crippen molar-refractivity contribution in [3.05, 3.63) is 12.7 Å². The molecule has 0 aromatic carbocycles. The van der Waals surface area contributed by atoms with Crippen LogP contribution in [-0.4, -0.2) is 12.5 Å². The minimum absolute atomic E-state index is 0.358. The van der Waals surface area contributed by atoms with Crippen LogP contribution in [0.25, 0.3) is 0 Å². The Bertz CT molecular complexity index is 99.1. The van der Waals surface area contributed by atoms with Crippen LogP contribution < -0.4 is 0 Å². The monoisotopic (exact) mass is 127 g/mol. The fourth-order valence-electron chi connectivity index (χ4n) is 0.368. The minimum atomic E-state index is 0.358. The van der Waals surface area contributed by atoms with Crippen molar-refractivity contribution >= 4 is 5.90 Å². The molecule has 0 bridgehead atoms. The largest absolute Gasteiger partial charge is 0.481 e. The van der Waals surface area contributed by atoms with E-state index >= 15 is 0 Å². The molecule has 0 heterocycles. The molecule has 0 amide bonds. The van der Waals surface area contributed by atoms with Crippen LogP contribution in [0.1, 0.15) is 19.8 Å². The highest BCUT2D eigenvalue weighted by molar-refractivity contribution is 5.71. The normalized spacial score (nSPS) is 8.56. The van der Waals surface area contributed by atoms with Crippen LogP contribution in [0.5, 0.6) is 0 Å². The SMILES string of the molecule is C=CCCOC(=N)CC. The number of ether oxygens (including phenoxy) is 1. The molecule has 0 aliphatic carbocycles. The average molecular weight is 127 g/mol. The van der Waals surface area contributed by atoms with Gasteiger partial charge in [-0.05, 0) is 6.42 Å². The Labute approximate surface area is 56.0 Å². The summed E-state index contributed by atoms with van der Waals surface area (Å²) < 4.78 is 4.94. The minimum Gasteiger partial charge on any atom is -0.481 e. The molecule has 1 N–H and O–H groups in total. The summed E-state index contributed by atoms with van der Waals surface area (Å²) in [5.41, 5.74) is 0. The molecule has 0 unspecified atom stereocenters. The molecule has 0 aromatic heterocycles. The van der Waals surface area contributed by atoms with Crippen LogP contribution in [0.4, 0.5) is 0 Å². The second kappa shape index (κ2) is 5.35. The Morgan fingerprint density at radius 1 is 1.78 bits per heavy atom. The lowest BCUT2D eigenvalue weighted by Crippen LogP contribution is -2.01. The van der Waals surface area contributed by atoms with E-state index < -0.39 is 0 Å². The van der Waals surface area contributed by atoms with Gasteiger partial charge in [-0.3, -0.25) is 5.41 Å². The number of hydrogen-bond donors (Lipinski definition) is 1. The zero-order valence-electron chi connectivity index (χ0n) is 5.81. The standard InChI is InChI=1S/C7H13NO/c1-3-5-6-9-7(8)4-2/h3,8H,1,4-6H2,2H3. The van der Waals surface area contributed by atoms with Gasteiger partial charge in [0.1, 0.15) is 0 Å². The summed E-state index contributed by atoms with van der Waals surface area (Å²) in [4.78, 5) is 0. The van der Waals surface area contributed by atoms with Crippen molar-refractivity contribution in [3.63, 3.8) is 0 Å². The molecule has 0 atom stereocenters. The van der Waals surface area contributed by atoms with E-state index in [1.54, 1.807) is 6.08 Å². The quantitative estimate of drug-likeness (QED) is 0.266. The summed E-state index contributed by atoms with van der Waals surface area (Å²) in [5, 5.41) is 7.06. The third kappa shape index (κ3) is 5.07. The van der Waals surface area contributed by atoms with Gasteiger partial charge in [-0.25, -0.2) is 0 Å². The van der Waals surface area contributed by atoms with E-state index in [9.17, 15) is 0 Å². The summed E-state index contributed by atoms with van der Waals surface area (Å²) in [6.45, 7) is 6.03. The van der Waals surface area contributed by atoms with E-state index in [1.165, 1.54) is 0 Å². The van der Waals surface area contributed by atoms with Crippen molar-refractivity contribution in [2.24, 2.45) is 0 Å². The zero-order chi connectivity index (χ0) is 7.11. The molecule has 52 valence electrons. The Balaban J connectivity index is 3.06. The van der Waals surface area contributed by atoms with Gasteiger partial charge in [0.15, 0.2) is 5.90 Å². The van der Waals surface area contributed by atoms with Crippen LogP contribution in [-0.2, 0) is 4.74 Å². The Hall–Kier alpha value is -0.790. The Kier molecular flexibility index (Phi) is 4.88.